The number of rotatable bonds is 4. The Hall–Kier alpha value is -3.41. The highest BCUT2D eigenvalue weighted by Gasteiger charge is 2.55. The Labute approximate surface area is 186 Å². The SMILES string of the molecule is O=C(NCc1ccco1)[C@@H]1c2ccccc2C(=O)N(c2ccccc2F)C12CCCCC2. The van der Waals surface area contributed by atoms with Gasteiger partial charge < -0.3 is 9.73 Å². The van der Waals surface area contributed by atoms with Crippen LogP contribution in [0, 0.1) is 5.82 Å². The Balaban J connectivity index is 1.65. The number of fused-ring (bicyclic) bond motifs is 1. The van der Waals surface area contributed by atoms with Crippen molar-refractivity contribution in [2.24, 2.45) is 0 Å². The van der Waals surface area contributed by atoms with Gasteiger partial charge >= 0.3 is 0 Å². The first kappa shape index (κ1) is 20.5. The zero-order valence-corrected chi connectivity index (χ0v) is 17.7. The number of anilines is 1. The van der Waals surface area contributed by atoms with Crippen LogP contribution in [0.2, 0.25) is 0 Å². The molecule has 1 atom stereocenters. The summed E-state index contributed by atoms with van der Waals surface area (Å²) in [6, 6.07) is 17.2. The van der Waals surface area contributed by atoms with Gasteiger partial charge in [0.25, 0.3) is 5.91 Å². The molecule has 1 N–H and O–H groups in total. The third-order valence-corrected chi connectivity index (χ3v) is 6.78. The van der Waals surface area contributed by atoms with Gasteiger partial charge in [-0.05, 0) is 48.7 Å². The first-order valence-corrected chi connectivity index (χ1v) is 11.1. The first-order chi connectivity index (χ1) is 15.6. The topological polar surface area (TPSA) is 62.6 Å². The lowest BCUT2D eigenvalue weighted by molar-refractivity contribution is -0.124. The van der Waals surface area contributed by atoms with E-state index in [-0.39, 0.29) is 24.0 Å². The van der Waals surface area contributed by atoms with E-state index < -0.39 is 17.3 Å². The predicted molar refractivity (Wildman–Crippen MR) is 119 cm³/mol. The zero-order chi connectivity index (χ0) is 22.1. The molecule has 1 aliphatic carbocycles. The predicted octanol–water partition coefficient (Wildman–Crippen LogP) is 5.18. The number of nitrogens with zero attached hydrogens (tertiary/aromatic N) is 1. The Kier molecular flexibility index (Phi) is 5.29. The molecule has 2 aromatic carbocycles. The minimum atomic E-state index is -0.820. The van der Waals surface area contributed by atoms with Crippen LogP contribution in [0.5, 0.6) is 0 Å². The number of nitrogens with one attached hydrogen (secondary N) is 1. The zero-order valence-electron chi connectivity index (χ0n) is 17.7. The van der Waals surface area contributed by atoms with Gasteiger partial charge in [-0.2, -0.15) is 0 Å². The Morgan fingerprint density at radius 3 is 2.53 bits per heavy atom. The van der Waals surface area contributed by atoms with Crippen molar-refractivity contribution in [2.45, 2.75) is 50.1 Å². The molecule has 2 heterocycles. The van der Waals surface area contributed by atoms with Crippen LogP contribution < -0.4 is 10.2 Å². The van der Waals surface area contributed by atoms with Gasteiger partial charge in [-0.15, -0.1) is 0 Å². The second-order valence-electron chi connectivity index (χ2n) is 8.57. The number of para-hydroxylation sites is 1. The standard InChI is InChI=1S/C26H25FN2O3/c27-21-12-4-5-13-22(21)29-25(31)20-11-3-2-10-19(20)23(26(29)14-6-1-7-15-26)24(30)28-17-18-9-8-16-32-18/h2-5,8-13,16,23H,1,6-7,14-15,17H2,(H,28,30)/t23-/m0/s1. The lowest BCUT2D eigenvalue weighted by atomic mass is 9.65. The van der Waals surface area contributed by atoms with Gasteiger partial charge in [0.2, 0.25) is 5.91 Å². The fourth-order valence-electron chi connectivity index (χ4n) is 5.42. The van der Waals surface area contributed by atoms with E-state index in [0.29, 0.717) is 29.7 Å². The summed E-state index contributed by atoms with van der Waals surface area (Å²) in [5, 5.41) is 3.00. The van der Waals surface area contributed by atoms with Crippen molar-refractivity contribution in [3.63, 3.8) is 0 Å². The van der Waals surface area contributed by atoms with Gasteiger partial charge in [0, 0.05) is 5.56 Å². The van der Waals surface area contributed by atoms with Crippen molar-refractivity contribution in [3.05, 3.63) is 89.6 Å². The maximum atomic E-state index is 15.0. The second-order valence-corrected chi connectivity index (χ2v) is 8.57. The number of halogens is 1. The van der Waals surface area contributed by atoms with Gasteiger partial charge in [-0.1, -0.05) is 49.6 Å². The number of benzene rings is 2. The Morgan fingerprint density at radius 1 is 1.03 bits per heavy atom. The van der Waals surface area contributed by atoms with Gasteiger partial charge in [-0.25, -0.2) is 4.39 Å². The van der Waals surface area contributed by atoms with Gasteiger partial charge in [0.05, 0.1) is 30.0 Å². The van der Waals surface area contributed by atoms with E-state index in [1.165, 1.54) is 6.07 Å². The summed E-state index contributed by atoms with van der Waals surface area (Å²) in [5.41, 5.74) is 0.575. The highest BCUT2D eigenvalue weighted by Crippen LogP contribution is 2.51. The van der Waals surface area contributed by atoms with Crippen molar-refractivity contribution in [3.8, 4) is 0 Å². The normalized spacial score (nSPS) is 19.6. The van der Waals surface area contributed by atoms with Crippen LogP contribution in [0.1, 0.15) is 59.7 Å². The number of furan rings is 1. The van der Waals surface area contributed by atoms with E-state index in [4.69, 9.17) is 4.42 Å². The minimum Gasteiger partial charge on any atom is -0.467 e. The summed E-state index contributed by atoms with van der Waals surface area (Å²) in [6.45, 7) is 0.258. The summed E-state index contributed by atoms with van der Waals surface area (Å²) in [6.07, 6.45) is 5.63. The molecule has 5 nitrogen and oxygen atoms in total. The van der Waals surface area contributed by atoms with E-state index in [2.05, 4.69) is 5.32 Å². The van der Waals surface area contributed by atoms with Crippen molar-refractivity contribution in [2.75, 3.05) is 4.90 Å². The molecule has 1 saturated carbocycles. The van der Waals surface area contributed by atoms with Crippen molar-refractivity contribution in [1.82, 2.24) is 5.32 Å². The molecule has 0 bridgehead atoms. The molecule has 5 rings (SSSR count). The molecule has 2 amide bonds. The van der Waals surface area contributed by atoms with Crippen molar-refractivity contribution < 1.29 is 18.4 Å². The number of hydrogen-bond donors (Lipinski definition) is 1. The highest BCUT2D eigenvalue weighted by molar-refractivity contribution is 6.12. The van der Waals surface area contributed by atoms with E-state index in [9.17, 15) is 9.59 Å². The molecular formula is C26H25FN2O3. The van der Waals surface area contributed by atoms with E-state index in [1.807, 2.05) is 12.1 Å². The monoisotopic (exact) mass is 432 g/mol. The molecule has 1 aliphatic heterocycles. The number of amides is 2. The maximum absolute atomic E-state index is 15.0. The quantitative estimate of drug-likeness (QED) is 0.618. The number of carbonyl (C=O) groups is 2. The smallest absolute Gasteiger partial charge is 0.259 e. The van der Waals surface area contributed by atoms with Crippen molar-refractivity contribution in [1.29, 1.82) is 0 Å². The summed E-state index contributed by atoms with van der Waals surface area (Å²) in [4.78, 5) is 29.1. The van der Waals surface area contributed by atoms with E-state index in [0.717, 1.165) is 19.3 Å². The fraction of sp³-hybridized carbons (Fsp3) is 0.308. The lowest BCUT2D eigenvalue weighted by Crippen LogP contribution is -2.63. The van der Waals surface area contributed by atoms with Gasteiger partial charge in [0.1, 0.15) is 11.6 Å². The third-order valence-electron chi connectivity index (χ3n) is 6.78. The molecule has 0 radical (unpaired) electrons. The van der Waals surface area contributed by atoms with Crippen LogP contribution in [0.4, 0.5) is 10.1 Å². The lowest BCUT2D eigenvalue weighted by Gasteiger charge is -2.53. The van der Waals surface area contributed by atoms with Crippen LogP contribution in [-0.2, 0) is 11.3 Å². The van der Waals surface area contributed by atoms with Crippen LogP contribution >= 0.6 is 0 Å². The molecule has 3 aromatic rings. The molecule has 2 aliphatic rings. The molecule has 1 aromatic heterocycles. The second kappa shape index (κ2) is 8.26. The highest BCUT2D eigenvalue weighted by atomic mass is 19.1. The first-order valence-electron chi connectivity index (χ1n) is 11.1. The fourth-order valence-corrected chi connectivity index (χ4v) is 5.42. The molecule has 164 valence electrons. The molecule has 1 spiro atoms. The summed E-state index contributed by atoms with van der Waals surface area (Å²) in [7, 11) is 0. The maximum Gasteiger partial charge on any atom is 0.259 e. The van der Waals surface area contributed by atoms with Gasteiger partial charge in [0.15, 0.2) is 0 Å². The van der Waals surface area contributed by atoms with Crippen LogP contribution in [0.3, 0.4) is 0 Å². The summed E-state index contributed by atoms with van der Waals surface area (Å²) >= 11 is 0. The summed E-state index contributed by atoms with van der Waals surface area (Å²) < 4.78 is 20.4. The molecular weight excluding hydrogens is 407 g/mol. The molecule has 0 unspecified atom stereocenters. The summed E-state index contributed by atoms with van der Waals surface area (Å²) in [5.74, 6) is -0.833. The third kappa shape index (κ3) is 3.30. The molecule has 1 fully saturated rings. The van der Waals surface area contributed by atoms with Crippen LogP contribution in [0.25, 0.3) is 0 Å². The van der Waals surface area contributed by atoms with Crippen LogP contribution in [0.15, 0.2) is 71.3 Å². The average molecular weight is 432 g/mol. The molecule has 6 heteroatoms. The largest absolute Gasteiger partial charge is 0.467 e. The van der Waals surface area contributed by atoms with Gasteiger partial charge in [-0.3, -0.25) is 14.5 Å². The Morgan fingerprint density at radius 2 is 1.78 bits per heavy atom. The minimum absolute atomic E-state index is 0.176. The average Bonchev–Trinajstić information content (AvgIpc) is 3.33. The number of hydrogen-bond acceptors (Lipinski definition) is 3. The Bertz CT molecular complexity index is 1140. The molecule has 32 heavy (non-hydrogen) atoms. The van der Waals surface area contributed by atoms with E-state index >= 15 is 4.39 Å². The van der Waals surface area contributed by atoms with Crippen LogP contribution in [-0.4, -0.2) is 17.4 Å². The van der Waals surface area contributed by atoms with Crippen molar-refractivity contribution >= 4 is 17.5 Å². The van der Waals surface area contributed by atoms with E-state index in [1.54, 1.807) is 53.6 Å². The number of carbonyl (C=O) groups excluding carboxylic acids is 2. The molecule has 0 saturated heterocycles.